The molecule has 10 heteroatoms. The zero-order chi connectivity index (χ0) is 21.5. The Labute approximate surface area is 180 Å². The van der Waals surface area contributed by atoms with E-state index in [0.717, 1.165) is 25.0 Å². The molecule has 1 aliphatic carbocycles. The second-order valence-electron chi connectivity index (χ2n) is 8.14. The number of nitrogens with zero attached hydrogens (tertiary/aromatic N) is 1. The second kappa shape index (κ2) is 8.11. The molecular formula is C20H25ClN4O4S. The molecule has 1 amide bonds. The Morgan fingerprint density at radius 2 is 2.13 bits per heavy atom. The molecule has 8 nitrogen and oxygen atoms in total. The maximum absolute atomic E-state index is 12.2. The number of aromatic amines is 1. The Bertz CT molecular complexity index is 1070. The van der Waals surface area contributed by atoms with E-state index in [1.54, 1.807) is 12.1 Å². The smallest absolute Gasteiger partial charge is 0.407 e. The minimum absolute atomic E-state index is 0.0419. The monoisotopic (exact) mass is 452 g/mol. The van der Waals surface area contributed by atoms with Gasteiger partial charge >= 0.3 is 6.09 Å². The summed E-state index contributed by atoms with van der Waals surface area (Å²) in [7, 11) is -3.33. The second-order valence-corrected chi connectivity index (χ2v) is 10.6. The van der Waals surface area contributed by atoms with Crippen molar-refractivity contribution in [3.05, 3.63) is 34.5 Å². The van der Waals surface area contributed by atoms with Crippen molar-refractivity contribution < 1.29 is 17.9 Å². The number of fused-ring (bicyclic) bond motifs is 1. The molecule has 2 atom stereocenters. The van der Waals surface area contributed by atoms with Gasteiger partial charge in [-0.25, -0.2) is 13.2 Å². The molecule has 0 saturated heterocycles. The van der Waals surface area contributed by atoms with E-state index < -0.39 is 9.84 Å². The van der Waals surface area contributed by atoms with Gasteiger partial charge in [-0.15, -0.1) is 0 Å². The Kier molecular flexibility index (Phi) is 5.67. The lowest BCUT2D eigenvalue weighted by Crippen LogP contribution is -2.33. The molecule has 162 valence electrons. The van der Waals surface area contributed by atoms with E-state index in [1.807, 2.05) is 19.9 Å². The normalized spacial score (nSPS) is 22.1. The van der Waals surface area contributed by atoms with Crippen LogP contribution in [0.25, 0.3) is 0 Å². The van der Waals surface area contributed by atoms with E-state index in [9.17, 15) is 13.2 Å². The number of hydrogen-bond donors (Lipinski definition) is 3. The number of alkyl carbamates (subject to hydrolysis) is 1. The van der Waals surface area contributed by atoms with Crippen LogP contribution in [0.4, 0.5) is 16.3 Å². The number of nitrogens with one attached hydrogen (secondary N) is 3. The van der Waals surface area contributed by atoms with Gasteiger partial charge < -0.3 is 15.4 Å². The molecule has 1 saturated carbocycles. The SMILES string of the molecule is CC(C)NC(=O)O[C@@H]1CC[C@H](c2cc(Nc3ccc(Cl)c4c3CCS4(=O)=O)n[nH]2)C1. The first-order valence-corrected chi connectivity index (χ1v) is 12.1. The number of ether oxygens (including phenoxy) is 1. The number of sulfone groups is 1. The zero-order valence-electron chi connectivity index (χ0n) is 16.9. The van der Waals surface area contributed by atoms with Crippen LogP contribution in [0.2, 0.25) is 5.02 Å². The van der Waals surface area contributed by atoms with E-state index in [1.165, 1.54) is 0 Å². The number of rotatable bonds is 5. The van der Waals surface area contributed by atoms with E-state index >= 15 is 0 Å². The average Bonchev–Trinajstić information content (AvgIpc) is 3.36. The highest BCUT2D eigenvalue weighted by Gasteiger charge is 2.32. The minimum atomic E-state index is -3.33. The van der Waals surface area contributed by atoms with Gasteiger partial charge in [-0.3, -0.25) is 5.10 Å². The average molecular weight is 453 g/mol. The van der Waals surface area contributed by atoms with Crippen LogP contribution in [0.3, 0.4) is 0 Å². The maximum atomic E-state index is 12.2. The summed E-state index contributed by atoms with van der Waals surface area (Å²) in [6.07, 6.45) is 2.38. The van der Waals surface area contributed by atoms with Crippen molar-refractivity contribution in [1.82, 2.24) is 15.5 Å². The van der Waals surface area contributed by atoms with Crippen molar-refractivity contribution in [2.45, 2.75) is 62.5 Å². The highest BCUT2D eigenvalue weighted by molar-refractivity contribution is 7.91. The molecule has 1 fully saturated rings. The van der Waals surface area contributed by atoms with Gasteiger partial charge in [-0.05, 0) is 57.2 Å². The molecule has 4 rings (SSSR count). The molecule has 1 aromatic carbocycles. The number of anilines is 2. The number of benzene rings is 1. The molecule has 1 aromatic heterocycles. The van der Waals surface area contributed by atoms with Gasteiger partial charge in [0.25, 0.3) is 0 Å². The summed E-state index contributed by atoms with van der Waals surface area (Å²) in [6, 6.07) is 5.34. The van der Waals surface area contributed by atoms with Gasteiger partial charge in [0, 0.05) is 29.4 Å². The standard InChI is InChI=1S/C20H25ClN4O4S/c1-11(2)22-20(26)29-13-4-3-12(9-13)17-10-18(25-24-17)23-16-6-5-15(21)19-14(16)7-8-30(19,27)28/h5-6,10-13H,3-4,7-9H2,1-2H3,(H,22,26)(H2,23,24,25)/t12-,13+/m0/s1. The molecular weight excluding hydrogens is 428 g/mol. The van der Waals surface area contributed by atoms with Crippen molar-refractivity contribution in [2.24, 2.45) is 0 Å². The van der Waals surface area contributed by atoms with Crippen molar-refractivity contribution in [3.8, 4) is 0 Å². The molecule has 0 bridgehead atoms. The van der Waals surface area contributed by atoms with Gasteiger partial charge in [0.2, 0.25) is 0 Å². The first kappa shape index (κ1) is 21.0. The zero-order valence-corrected chi connectivity index (χ0v) is 18.4. The number of H-pyrrole nitrogens is 1. The first-order chi connectivity index (χ1) is 14.2. The number of hydrogen-bond acceptors (Lipinski definition) is 6. The van der Waals surface area contributed by atoms with Crippen LogP contribution in [0.5, 0.6) is 0 Å². The molecule has 2 aliphatic rings. The summed E-state index contributed by atoms with van der Waals surface area (Å²) < 4.78 is 30.0. The van der Waals surface area contributed by atoms with Gasteiger partial charge in [-0.2, -0.15) is 5.10 Å². The summed E-state index contributed by atoms with van der Waals surface area (Å²) in [5, 5.41) is 13.6. The van der Waals surface area contributed by atoms with Crippen molar-refractivity contribution in [1.29, 1.82) is 0 Å². The van der Waals surface area contributed by atoms with Crippen LogP contribution in [0, 0.1) is 0 Å². The summed E-state index contributed by atoms with van der Waals surface area (Å²) in [5.74, 6) is 0.905. The van der Waals surface area contributed by atoms with Crippen LogP contribution < -0.4 is 10.6 Å². The van der Waals surface area contributed by atoms with Crippen LogP contribution in [-0.4, -0.2) is 42.6 Å². The third kappa shape index (κ3) is 4.27. The van der Waals surface area contributed by atoms with Crippen LogP contribution in [0.15, 0.2) is 23.1 Å². The summed E-state index contributed by atoms with van der Waals surface area (Å²) in [5.41, 5.74) is 2.37. The largest absolute Gasteiger partial charge is 0.446 e. The van der Waals surface area contributed by atoms with Gasteiger partial charge in [0.05, 0.1) is 15.7 Å². The van der Waals surface area contributed by atoms with E-state index in [2.05, 4.69) is 20.8 Å². The van der Waals surface area contributed by atoms with E-state index in [0.29, 0.717) is 23.5 Å². The third-order valence-electron chi connectivity index (χ3n) is 5.51. The quantitative estimate of drug-likeness (QED) is 0.633. The first-order valence-electron chi connectivity index (χ1n) is 10.1. The van der Waals surface area contributed by atoms with Gasteiger partial charge in [-0.1, -0.05) is 11.6 Å². The number of amides is 1. The molecule has 0 unspecified atom stereocenters. The van der Waals surface area contributed by atoms with Crippen LogP contribution >= 0.6 is 11.6 Å². The minimum Gasteiger partial charge on any atom is -0.446 e. The van der Waals surface area contributed by atoms with Crippen molar-refractivity contribution in [2.75, 3.05) is 11.1 Å². The number of carbonyl (C=O) groups excluding carboxylic acids is 1. The topological polar surface area (TPSA) is 113 Å². The van der Waals surface area contributed by atoms with Gasteiger partial charge in [0.15, 0.2) is 15.7 Å². The molecule has 30 heavy (non-hydrogen) atoms. The predicted octanol–water partition coefficient (Wildman–Crippen LogP) is 3.91. The molecule has 2 heterocycles. The molecule has 2 aromatic rings. The summed E-state index contributed by atoms with van der Waals surface area (Å²) in [6.45, 7) is 3.78. The fraction of sp³-hybridized carbons (Fsp3) is 0.500. The summed E-state index contributed by atoms with van der Waals surface area (Å²) in [4.78, 5) is 12.0. The highest BCUT2D eigenvalue weighted by Crippen LogP contribution is 2.39. The number of carbonyl (C=O) groups is 1. The summed E-state index contributed by atoms with van der Waals surface area (Å²) >= 11 is 6.13. The van der Waals surface area contributed by atoms with Crippen molar-refractivity contribution >= 4 is 39.0 Å². The third-order valence-corrected chi connectivity index (χ3v) is 7.77. The Balaban J connectivity index is 1.43. The highest BCUT2D eigenvalue weighted by atomic mass is 35.5. The number of aromatic nitrogens is 2. The van der Waals surface area contributed by atoms with E-state index in [-0.39, 0.29) is 39.8 Å². The number of halogens is 1. The predicted molar refractivity (Wildman–Crippen MR) is 114 cm³/mol. The van der Waals surface area contributed by atoms with E-state index in [4.69, 9.17) is 16.3 Å². The Morgan fingerprint density at radius 3 is 2.90 bits per heavy atom. The van der Waals surface area contributed by atoms with Crippen LogP contribution in [0.1, 0.15) is 50.3 Å². The molecule has 0 radical (unpaired) electrons. The molecule has 1 aliphatic heterocycles. The lowest BCUT2D eigenvalue weighted by molar-refractivity contribution is 0.0981. The van der Waals surface area contributed by atoms with Gasteiger partial charge in [0.1, 0.15) is 6.10 Å². The Hall–Kier alpha value is -2.26. The Morgan fingerprint density at radius 1 is 1.33 bits per heavy atom. The van der Waals surface area contributed by atoms with Crippen LogP contribution in [-0.2, 0) is 21.0 Å². The molecule has 0 spiro atoms. The lowest BCUT2D eigenvalue weighted by atomic mass is 10.0. The maximum Gasteiger partial charge on any atom is 0.407 e. The molecule has 3 N–H and O–H groups in total. The van der Waals surface area contributed by atoms with Crippen molar-refractivity contribution in [3.63, 3.8) is 0 Å². The lowest BCUT2D eigenvalue weighted by Gasteiger charge is -2.14. The fourth-order valence-electron chi connectivity index (χ4n) is 4.14. The fourth-order valence-corrected chi connectivity index (χ4v) is 6.30.